The molecule has 1 heterocycles. The first kappa shape index (κ1) is 10.4. The summed E-state index contributed by atoms with van der Waals surface area (Å²) in [6.07, 6.45) is 4.63. The molecule has 0 amide bonds. The van der Waals surface area contributed by atoms with Crippen LogP contribution in [0.15, 0.2) is 18.2 Å². The summed E-state index contributed by atoms with van der Waals surface area (Å²) in [5.74, 6) is 1.000. The Morgan fingerprint density at radius 2 is 2.06 bits per heavy atom. The van der Waals surface area contributed by atoms with Gasteiger partial charge in [0.15, 0.2) is 0 Å². The van der Waals surface area contributed by atoms with E-state index in [2.05, 4.69) is 22.1 Å². The summed E-state index contributed by atoms with van der Waals surface area (Å²) >= 11 is 0. The number of nitrogens with zero attached hydrogens (tertiary/aromatic N) is 1. The van der Waals surface area contributed by atoms with E-state index in [1.165, 1.54) is 29.7 Å². The van der Waals surface area contributed by atoms with Crippen LogP contribution in [0.5, 0.6) is 0 Å². The fraction of sp³-hybridized carbons (Fsp3) is 0.357. The van der Waals surface area contributed by atoms with Gasteiger partial charge in [-0.15, -0.1) is 0 Å². The van der Waals surface area contributed by atoms with Crippen LogP contribution in [0.25, 0.3) is 11.3 Å². The zero-order valence-corrected chi connectivity index (χ0v) is 10.1. The lowest BCUT2D eigenvalue weighted by molar-refractivity contribution is 0.719. The van der Waals surface area contributed by atoms with Crippen LogP contribution in [0, 0.1) is 6.92 Å². The average molecular weight is 227 g/mol. The molecule has 1 aliphatic rings. The Morgan fingerprint density at radius 3 is 2.94 bits per heavy atom. The van der Waals surface area contributed by atoms with Crippen LogP contribution < -0.4 is 5.73 Å². The van der Waals surface area contributed by atoms with Gasteiger partial charge in [-0.05, 0) is 50.3 Å². The Morgan fingerprint density at radius 1 is 1.24 bits per heavy atom. The Balaban J connectivity index is 2.21. The third-order valence-corrected chi connectivity index (χ3v) is 3.40. The van der Waals surface area contributed by atoms with Gasteiger partial charge in [-0.2, -0.15) is 0 Å². The molecule has 3 N–H and O–H groups in total. The Kier molecular flexibility index (Phi) is 2.39. The molecule has 1 aliphatic carbocycles. The van der Waals surface area contributed by atoms with Crippen LogP contribution in [-0.4, -0.2) is 9.97 Å². The van der Waals surface area contributed by atoms with Crippen LogP contribution >= 0.6 is 0 Å². The zero-order valence-electron chi connectivity index (χ0n) is 10.1. The first-order valence-electron chi connectivity index (χ1n) is 6.18. The van der Waals surface area contributed by atoms with Crippen LogP contribution in [0.3, 0.4) is 0 Å². The Labute approximate surface area is 101 Å². The highest BCUT2D eigenvalue weighted by Gasteiger charge is 2.16. The molecule has 17 heavy (non-hydrogen) atoms. The van der Waals surface area contributed by atoms with E-state index in [9.17, 15) is 0 Å². The van der Waals surface area contributed by atoms with E-state index in [4.69, 9.17) is 5.73 Å². The molecule has 3 nitrogen and oxygen atoms in total. The maximum atomic E-state index is 5.87. The molecule has 1 aromatic heterocycles. The molecule has 0 fully saturated rings. The lowest BCUT2D eigenvalue weighted by Gasteiger charge is -2.13. The van der Waals surface area contributed by atoms with Crippen molar-refractivity contribution in [2.24, 2.45) is 0 Å². The summed E-state index contributed by atoms with van der Waals surface area (Å²) in [5, 5.41) is 0. The molecule has 1 aromatic carbocycles. The van der Waals surface area contributed by atoms with E-state index < -0.39 is 0 Å². The topological polar surface area (TPSA) is 54.7 Å². The zero-order chi connectivity index (χ0) is 11.8. The van der Waals surface area contributed by atoms with Crippen molar-refractivity contribution in [2.45, 2.75) is 32.6 Å². The van der Waals surface area contributed by atoms with Crippen molar-refractivity contribution in [2.75, 3.05) is 5.73 Å². The Bertz CT molecular complexity index is 555. The number of imidazole rings is 1. The van der Waals surface area contributed by atoms with Crippen molar-refractivity contribution >= 4 is 5.69 Å². The van der Waals surface area contributed by atoms with Crippen LogP contribution in [0.1, 0.15) is 29.9 Å². The van der Waals surface area contributed by atoms with E-state index in [1.54, 1.807) is 0 Å². The highest BCUT2D eigenvalue weighted by Crippen LogP contribution is 2.31. The summed E-state index contributed by atoms with van der Waals surface area (Å²) < 4.78 is 0. The average Bonchev–Trinajstić information content (AvgIpc) is 2.63. The summed E-state index contributed by atoms with van der Waals surface area (Å²) in [6, 6.07) is 6.16. The molecule has 0 spiro atoms. The second-order valence-electron chi connectivity index (χ2n) is 4.77. The third-order valence-electron chi connectivity index (χ3n) is 3.40. The molecule has 2 aromatic rings. The minimum atomic E-state index is 0.845. The van der Waals surface area contributed by atoms with Crippen molar-refractivity contribution in [3.05, 3.63) is 35.3 Å². The molecule has 0 unspecified atom stereocenters. The fourth-order valence-corrected chi connectivity index (χ4v) is 2.61. The van der Waals surface area contributed by atoms with Gasteiger partial charge in [0.25, 0.3) is 0 Å². The number of H-pyrrole nitrogens is 1. The van der Waals surface area contributed by atoms with E-state index in [0.29, 0.717) is 0 Å². The highest BCUT2D eigenvalue weighted by atomic mass is 14.9. The summed E-state index contributed by atoms with van der Waals surface area (Å²) in [5.41, 5.74) is 11.7. The molecular weight excluding hydrogens is 210 g/mol. The van der Waals surface area contributed by atoms with Crippen molar-refractivity contribution in [3.8, 4) is 11.3 Å². The second-order valence-corrected chi connectivity index (χ2v) is 4.77. The Hall–Kier alpha value is -1.77. The number of fused-ring (bicyclic) bond motifs is 3. The third kappa shape index (κ3) is 1.82. The van der Waals surface area contributed by atoms with Gasteiger partial charge in [0.05, 0.1) is 5.69 Å². The van der Waals surface area contributed by atoms with E-state index in [1.807, 2.05) is 13.0 Å². The summed E-state index contributed by atoms with van der Waals surface area (Å²) in [4.78, 5) is 8.00. The number of hydrogen-bond acceptors (Lipinski definition) is 2. The first-order valence-corrected chi connectivity index (χ1v) is 6.18. The van der Waals surface area contributed by atoms with Gasteiger partial charge < -0.3 is 10.7 Å². The standard InChI is InChI=1S/C14H17N3/c1-9-16-13-5-3-2-4-10-8-11(15)6-7-12(10)14(13)17-9/h6-8H,2-5,15H2,1H3,(H,16,17). The number of aromatic amines is 1. The quantitative estimate of drug-likeness (QED) is 0.680. The predicted octanol–water partition coefficient (Wildman–Crippen LogP) is 2.85. The van der Waals surface area contributed by atoms with Crippen LogP contribution in [0.2, 0.25) is 0 Å². The van der Waals surface area contributed by atoms with E-state index in [0.717, 1.165) is 30.0 Å². The van der Waals surface area contributed by atoms with Crippen LogP contribution in [-0.2, 0) is 12.8 Å². The number of hydrogen-bond donors (Lipinski definition) is 2. The molecular formula is C14H17N3. The van der Waals surface area contributed by atoms with Gasteiger partial charge in [0.1, 0.15) is 5.82 Å². The number of benzene rings is 1. The molecule has 0 saturated carbocycles. The maximum absolute atomic E-state index is 5.87. The molecule has 0 saturated heterocycles. The van der Waals surface area contributed by atoms with Gasteiger partial charge in [-0.1, -0.05) is 6.07 Å². The molecule has 88 valence electrons. The largest absolute Gasteiger partial charge is 0.399 e. The van der Waals surface area contributed by atoms with Gasteiger partial charge in [-0.25, -0.2) is 4.98 Å². The number of aromatic nitrogens is 2. The lowest BCUT2D eigenvalue weighted by Crippen LogP contribution is -2.00. The summed E-state index contributed by atoms with van der Waals surface area (Å²) in [6.45, 7) is 2.02. The fourth-order valence-electron chi connectivity index (χ4n) is 2.61. The number of nitrogens with two attached hydrogens (primary N) is 1. The normalized spacial score (nSPS) is 14.6. The minimum Gasteiger partial charge on any atom is -0.399 e. The number of rotatable bonds is 0. The number of nitrogens with one attached hydrogen (secondary N) is 1. The second kappa shape index (κ2) is 3.91. The van der Waals surface area contributed by atoms with E-state index in [-0.39, 0.29) is 0 Å². The monoisotopic (exact) mass is 227 g/mol. The van der Waals surface area contributed by atoms with Gasteiger partial charge in [0.2, 0.25) is 0 Å². The molecule has 3 rings (SSSR count). The molecule has 3 heteroatoms. The van der Waals surface area contributed by atoms with Crippen molar-refractivity contribution in [1.82, 2.24) is 9.97 Å². The SMILES string of the molecule is Cc1nc2c([nH]1)CCCCc1cc(N)ccc1-2. The molecule has 0 radical (unpaired) electrons. The molecule has 0 bridgehead atoms. The highest BCUT2D eigenvalue weighted by molar-refractivity contribution is 5.69. The molecule has 0 atom stereocenters. The first-order chi connectivity index (χ1) is 8.24. The van der Waals surface area contributed by atoms with Gasteiger partial charge >= 0.3 is 0 Å². The minimum absolute atomic E-state index is 0.845. The lowest BCUT2D eigenvalue weighted by atomic mass is 9.93. The van der Waals surface area contributed by atoms with Gasteiger partial charge in [0, 0.05) is 16.9 Å². The van der Waals surface area contributed by atoms with Gasteiger partial charge in [-0.3, -0.25) is 0 Å². The number of nitrogen functional groups attached to an aromatic ring is 1. The smallest absolute Gasteiger partial charge is 0.103 e. The van der Waals surface area contributed by atoms with Crippen molar-refractivity contribution in [3.63, 3.8) is 0 Å². The van der Waals surface area contributed by atoms with Crippen molar-refractivity contribution < 1.29 is 0 Å². The molecule has 0 aliphatic heterocycles. The van der Waals surface area contributed by atoms with Crippen LogP contribution in [0.4, 0.5) is 5.69 Å². The van der Waals surface area contributed by atoms with E-state index >= 15 is 0 Å². The maximum Gasteiger partial charge on any atom is 0.103 e. The van der Waals surface area contributed by atoms with Crippen molar-refractivity contribution in [1.29, 1.82) is 0 Å². The predicted molar refractivity (Wildman–Crippen MR) is 69.8 cm³/mol. The number of aryl methyl sites for hydroxylation is 3. The number of anilines is 1. The summed E-state index contributed by atoms with van der Waals surface area (Å²) in [7, 11) is 0.